The number of aliphatic hydroxyl groups is 1. The van der Waals surface area contributed by atoms with Crippen LogP contribution in [0.5, 0.6) is 23.0 Å². The van der Waals surface area contributed by atoms with Gasteiger partial charge in [0.25, 0.3) is 21.9 Å². The van der Waals surface area contributed by atoms with Crippen LogP contribution in [0, 0.1) is 0 Å². The highest BCUT2D eigenvalue weighted by molar-refractivity contribution is 7.86. The van der Waals surface area contributed by atoms with Crippen LogP contribution in [-0.4, -0.2) is 122 Å². The van der Waals surface area contributed by atoms with E-state index in [1.807, 2.05) is 26.0 Å². The Morgan fingerprint density at radius 3 is 1.98 bits per heavy atom. The lowest BCUT2D eigenvalue weighted by molar-refractivity contribution is 0.0491. The van der Waals surface area contributed by atoms with E-state index in [4.69, 9.17) is 23.7 Å². The van der Waals surface area contributed by atoms with Crippen molar-refractivity contribution in [2.75, 3.05) is 57.3 Å². The van der Waals surface area contributed by atoms with Crippen LogP contribution in [0.1, 0.15) is 73.6 Å². The number of carbonyl (C=O) groups is 3. The number of benzene rings is 2. The molecule has 3 N–H and O–H groups in total. The van der Waals surface area contributed by atoms with E-state index in [1.54, 1.807) is 11.8 Å². The number of anilines is 2. The number of nitrogens with one attached hydrogen (secondary N) is 1. The fourth-order valence-electron chi connectivity index (χ4n) is 7.64. The van der Waals surface area contributed by atoms with Crippen molar-refractivity contribution in [3.05, 3.63) is 58.7 Å². The third kappa shape index (κ3) is 8.63. The fourth-order valence-corrected chi connectivity index (χ4v) is 8.63. The minimum atomic E-state index is -4.59. The molecule has 310 valence electrons. The molecule has 5 atom stereocenters. The zero-order valence-corrected chi connectivity index (χ0v) is 34.3. The number of carbonyl (C=O) groups excluding carboxylic acids is 3. The maximum Gasteiger partial charge on any atom is 0.416 e. The third-order valence-electron chi connectivity index (χ3n) is 10.7. The Kier molecular flexibility index (Phi) is 12.9. The second-order valence-electron chi connectivity index (χ2n) is 14.4. The highest BCUT2D eigenvalue weighted by atomic mass is 32.2. The van der Waals surface area contributed by atoms with Gasteiger partial charge in [0.2, 0.25) is 0 Å². The first kappa shape index (κ1) is 42.0. The van der Waals surface area contributed by atoms with Gasteiger partial charge >= 0.3 is 6.09 Å². The van der Waals surface area contributed by atoms with Crippen molar-refractivity contribution < 1.29 is 56.1 Å². The average Bonchev–Trinajstić information content (AvgIpc) is 3.78. The number of hydrogen-bond donors (Lipinski definition) is 4. The monoisotopic (exact) mass is 830 g/mol. The van der Waals surface area contributed by atoms with Crippen LogP contribution in [0.15, 0.2) is 47.6 Å². The van der Waals surface area contributed by atoms with Gasteiger partial charge in [-0.2, -0.15) is 21.0 Å². The lowest BCUT2D eigenvalue weighted by Crippen LogP contribution is -2.51. The lowest BCUT2D eigenvalue weighted by Gasteiger charge is -2.31. The van der Waals surface area contributed by atoms with Crippen LogP contribution in [0.2, 0.25) is 0 Å². The molecule has 2 aromatic rings. The number of unbranched alkanes of at least 4 members (excludes halogenated alkanes) is 2. The Balaban J connectivity index is 1.12. The molecular formula is C39H50N4O12S2. The highest BCUT2D eigenvalue weighted by Crippen LogP contribution is 2.43. The molecule has 16 nitrogen and oxygen atoms in total. The molecule has 2 saturated heterocycles. The van der Waals surface area contributed by atoms with Gasteiger partial charge in [0.15, 0.2) is 34.6 Å². The number of aliphatic hydroxyl groups excluding tert-OH is 1. The molecule has 0 bridgehead atoms. The molecule has 0 radical (unpaired) electrons. The number of nitrogens with zero attached hydrogens (tertiary/aromatic N) is 3. The van der Waals surface area contributed by atoms with Crippen molar-refractivity contribution in [3.63, 3.8) is 0 Å². The molecule has 18 heteroatoms. The van der Waals surface area contributed by atoms with Gasteiger partial charge in [-0.15, -0.1) is 0 Å². The summed E-state index contributed by atoms with van der Waals surface area (Å²) in [6, 6.07) is 4.58. The highest BCUT2D eigenvalue weighted by Gasteiger charge is 2.48. The van der Waals surface area contributed by atoms with Gasteiger partial charge in [0.05, 0.1) is 62.0 Å². The van der Waals surface area contributed by atoms with Crippen molar-refractivity contribution in [1.29, 1.82) is 0 Å². The Hall–Kier alpha value is -4.65. The summed E-state index contributed by atoms with van der Waals surface area (Å²) in [6.45, 7) is 6.51. The van der Waals surface area contributed by atoms with Crippen molar-refractivity contribution in [2.24, 2.45) is 0 Å². The summed E-state index contributed by atoms with van der Waals surface area (Å²) in [5.74, 6) is 0.388. The predicted molar refractivity (Wildman–Crippen MR) is 214 cm³/mol. The van der Waals surface area contributed by atoms with Crippen LogP contribution in [0.3, 0.4) is 0 Å². The Morgan fingerprint density at radius 2 is 1.42 bits per heavy atom. The summed E-state index contributed by atoms with van der Waals surface area (Å²) in [7, 11) is -1.70. The number of thiol groups is 1. The SMILES string of the molecule is C/C=C1/C[C@H]2C(S(=O)(=O)O)Nc3cc(OCCCCCOc4cc5c(cc4OC)C(=O)N4C/C(=C\C)C[C@H]4[C@H](O)N5C(=O)OC[C@@H](C)S)c(OC)cc3C(=O)N2C1. The van der Waals surface area contributed by atoms with Gasteiger partial charge in [-0.1, -0.05) is 30.2 Å². The molecule has 2 aromatic carbocycles. The Bertz CT molecular complexity index is 2060. The number of rotatable bonds is 13. The van der Waals surface area contributed by atoms with Crippen LogP contribution in [-0.2, 0) is 14.9 Å². The van der Waals surface area contributed by atoms with Gasteiger partial charge in [-0.25, -0.2) is 9.69 Å². The quantitative estimate of drug-likeness (QED) is 0.0925. The van der Waals surface area contributed by atoms with Crippen molar-refractivity contribution in [3.8, 4) is 23.0 Å². The molecule has 6 rings (SSSR count). The van der Waals surface area contributed by atoms with E-state index in [-0.39, 0.29) is 77.4 Å². The van der Waals surface area contributed by atoms with Gasteiger partial charge < -0.3 is 43.9 Å². The molecule has 3 amide bonds. The van der Waals surface area contributed by atoms with Gasteiger partial charge in [-0.3, -0.25) is 14.1 Å². The summed E-state index contributed by atoms with van der Waals surface area (Å²) >= 11 is 4.30. The van der Waals surface area contributed by atoms with Crippen LogP contribution < -0.4 is 29.2 Å². The zero-order valence-electron chi connectivity index (χ0n) is 32.6. The van der Waals surface area contributed by atoms with E-state index in [0.717, 1.165) is 16.0 Å². The second kappa shape index (κ2) is 17.5. The largest absolute Gasteiger partial charge is 0.493 e. The van der Waals surface area contributed by atoms with Gasteiger partial charge in [0, 0.05) is 30.5 Å². The number of methoxy groups -OCH3 is 2. The molecule has 0 spiro atoms. The van der Waals surface area contributed by atoms with Gasteiger partial charge in [0.1, 0.15) is 6.61 Å². The number of amides is 3. The zero-order chi connectivity index (χ0) is 41.2. The number of hydrogen-bond acceptors (Lipinski definition) is 13. The normalized spacial score (nSPS) is 23.5. The van der Waals surface area contributed by atoms with Crippen LogP contribution in [0.4, 0.5) is 16.2 Å². The summed E-state index contributed by atoms with van der Waals surface area (Å²) in [5, 5.41) is 12.8. The number of fused-ring (bicyclic) bond motifs is 4. The number of ether oxygens (including phenoxy) is 5. The van der Waals surface area contributed by atoms with Crippen molar-refractivity contribution in [2.45, 2.75) is 81.8 Å². The first-order valence-corrected chi connectivity index (χ1v) is 20.9. The molecular weight excluding hydrogens is 781 g/mol. The summed E-state index contributed by atoms with van der Waals surface area (Å²) in [4.78, 5) is 45.1. The minimum Gasteiger partial charge on any atom is -0.493 e. The van der Waals surface area contributed by atoms with E-state index in [1.165, 1.54) is 43.4 Å². The van der Waals surface area contributed by atoms with Crippen LogP contribution in [0.25, 0.3) is 0 Å². The lowest BCUT2D eigenvalue weighted by atomic mass is 10.1. The van der Waals surface area contributed by atoms with Crippen molar-refractivity contribution >= 4 is 52.0 Å². The van der Waals surface area contributed by atoms with E-state index in [9.17, 15) is 32.5 Å². The molecule has 4 aliphatic heterocycles. The van der Waals surface area contributed by atoms with Gasteiger partial charge in [-0.05, 0) is 58.1 Å². The van der Waals surface area contributed by atoms with E-state index < -0.39 is 39.9 Å². The maximum absolute atomic E-state index is 13.9. The Morgan fingerprint density at radius 1 is 0.877 bits per heavy atom. The molecule has 4 aliphatic rings. The summed E-state index contributed by atoms with van der Waals surface area (Å²) in [5.41, 5.74) is 2.57. The second-order valence-corrected chi connectivity index (χ2v) is 16.8. The smallest absolute Gasteiger partial charge is 0.416 e. The van der Waals surface area contributed by atoms with E-state index >= 15 is 0 Å². The first-order valence-electron chi connectivity index (χ1n) is 18.8. The minimum absolute atomic E-state index is 0.00648. The predicted octanol–water partition coefficient (Wildman–Crippen LogP) is 4.89. The van der Waals surface area contributed by atoms with E-state index in [2.05, 4.69) is 17.9 Å². The standard InChI is InChI=1S/C39H50N4O12S2/c1-6-23-13-29-35(57(48,49)50)40-27-17-33(31(51-4)15-25(27)36(44)41(29)19-23)53-11-9-8-10-12-54-34-18-28-26(16-32(34)52-5)37(45)42-20-24(7-2)14-30(42)38(46)43(28)39(47)55-21-22(3)56/h6-7,15-18,22,29-30,35,38,40,46,56H,8-14,19-21H2,1-5H3,(H,48,49,50)/b23-6-,24-7-/t22-,29+,30+,35?,38+/m1/s1. The molecule has 0 saturated carbocycles. The molecule has 4 heterocycles. The third-order valence-corrected chi connectivity index (χ3v) is 11.9. The van der Waals surface area contributed by atoms with Crippen molar-refractivity contribution in [1.82, 2.24) is 9.80 Å². The maximum atomic E-state index is 13.9. The average molecular weight is 831 g/mol. The molecule has 1 unspecified atom stereocenters. The Labute approximate surface area is 337 Å². The molecule has 57 heavy (non-hydrogen) atoms. The summed E-state index contributed by atoms with van der Waals surface area (Å²) in [6.07, 6.45) is 4.07. The fraction of sp³-hybridized carbons (Fsp3) is 0.513. The first-order chi connectivity index (χ1) is 27.2. The molecule has 2 fully saturated rings. The molecule has 0 aromatic heterocycles. The van der Waals surface area contributed by atoms with Crippen LogP contribution >= 0.6 is 12.6 Å². The molecule has 0 aliphatic carbocycles. The summed E-state index contributed by atoms with van der Waals surface area (Å²) < 4.78 is 63.9. The van der Waals surface area contributed by atoms with E-state index in [0.29, 0.717) is 50.1 Å². The topological polar surface area (TPSA) is 194 Å². The number of allylic oxidation sites excluding steroid dienone is 2.